The first-order chi connectivity index (χ1) is 8.28. The number of hydrogen-bond acceptors (Lipinski definition) is 4. The highest BCUT2D eigenvalue weighted by molar-refractivity contribution is 6.29. The summed E-state index contributed by atoms with van der Waals surface area (Å²) in [4.78, 5) is 0. The fourth-order valence-electron chi connectivity index (χ4n) is 1.33. The molecule has 0 radical (unpaired) electrons. The molecule has 1 N–H and O–H groups in total. The Morgan fingerprint density at radius 1 is 1.12 bits per heavy atom. The SMILES string of the molecule is CCOc1ccc(Nc2ccc(Cl)nn2)cc1. The van der Waals surface area contributed by atoms with Crippen molar-refractivity contribution in [1.29, 1.82) is 0 Å². The summed E-state index contributed by atoms with van der Waals surface area (Å²) >= 11 is 5.65. The van der Waals surface area contributed by atoms with Gasteiger partial charge < -0.3 is 10.1 Å². The van der Waals surface area contributed by atoms with E-state index in [1.807, 2.05) is 31.2 Å². The average molecular weight is 250 g/mol. The molecule has 88 valence electrons. The zero-order chi connectivity index (χ0) is 12.1. The number of benzene rings is 1. The van der Waals surface area contributed by atoms with Gasteiger partial charge in [0.2, 0.25) is 0 Å². The van der Waals surface area contributed by atoms with Crippen LogP contribution < -0.4 is 10.1 Å². The Labute approximate surface area is 105 Å². The van der Waals surface area contributed by atoms with E-state index in [2.05, 4.69) is 15.5 Å². The zero-order valence-electron chi connectivity index (χ0n) is 9.35. The van der Waals surface area contributed by atoms with E-state index in [9.17, 15) is 0 Å². The molecule has 0 saturated heterocycles. The largest absolute Gasteiger partial charge is 0.494 e. The Balaban J connectivity index is 2.05. The van der Waals surface area contributed by atoms with Gasteiger partial charge in [-0.05, 0) is 43.3 Å². The van der Waals surface area contributed by atoms with Gasteiger partial charge in [0, 0.05) is 5.69 Å². The summed E-state index contributed by atoms with van der Waals surface area (Å²) in [6.07, 6.45) is 0. The van der Waals surface area contributed by atoms with Gasteiger partial charge in [0.15, 0.2) is 11.0 Å². The number of ether oxygens (including phenoxy) is 1. The lowest BCUT2D eigenvalue weighted by Gasteiger charge is -2.06. The number of rotatable bonds is 4. The molecule has 0 bridgehead atoms. The van der Waals surface area contributed by atoms with E-state index in [0.29, 0.717) is 17.6 Å². The highest BCUT2D eigenvalue weighted by Crippen LogP contribution is 2.18. The molecule has 0 fully saturated rings. The van der Waals surface area contributed by atoms with Gasteiger partial charge in [-0.25, -0.2) is 0 Å². The lowest BCUT2D eigenvalue weighted by Crippen LogP contribution is -1.95. The van der Waals surface area contributed by atoms with Crippen molar-refractivity contribution in [3.63, 3.8) is 0 Å². The molecule has 0 atom stereocenters. The third-order valence-corrected chi connectivity index (χ3v) is 2.27. The monoisotopic (exact) mass is 249 g/mol. The molecule has 5 heteroatoms. The van der Waals surface area contributed by atoms with E-state index >= 15 is 0 Å². The van der Waals surface area contributed by atoms with Crippen molar-refractivity contribution in [2.75, 3.05) is 11.9 Å². The maximum absolute atomic E-state index is 5.65. The first-order valence-corrected chi connectivity index (χ1v) is 5.65. The van der Waals surface area contributed by atoms with Crippen LogP contribution in [0.1, 0.15) is 6.92 Å². The summed E-state index contributed by atoms with van der Waals surface area (Å²) in [5.74, 6) is 1.50. The predicted molar refractivity (Wildman–Crippen MR) is 67.9 cm³/mol. The zero-order valence-corrected chi connectivity index (χ0v) is 10.1. The second-order valence-corrected chi connectivity index (χ2v) is 3.71. The quantitative estimate of drug-likeness (QED) is 0.903. The molecule has 1 heterocycles. The summed E-state index contributed by atoms with van der Waals surface area (Å²) in [5, 5.41) is 11.1. The van der Waals surface area contributed by atoms with Crippen molar-refractivity contribution in [2.24, 2.45) is 0 Å². The van der Waals surface area contributed by atoms with E-state index in [0.717, 1.165) is 11.4 Å². The molecule has 17 heavy (non-hydrogen) atoms. The third kappa shape index (κ3) is 3.32. The molecule has 4 nitrogen and oxygen atoms in total. The fraction of sp³-hybridized carbons (Fsp3) is 0.167. The molecular weight excluding hydrogens is 238 g/mol. The second kappa shape index (κ2) is 5.50. The van der Waals surface area contributed by atoms with Crippen LogP contribution in [0.5, 0.6) is 5.75 Å². The maximum atomic E-state index is 5.65. The topological polar surface area (TPSA) is 47.0 Å². The van der Waals surface area contributed by atoms with Crippen LogP contribution in [0.25, 0.3) is 0 Å². The number of halogens is 1. The minimum atomic E-state index is 0.377. The molecule has 0 aliphatic rings. The van der Waals surface area contributed by atoms with Crippen molar-refractivity contribution >= 4 is 23.1 Å². The molecule has 2 rings (SSSR count). The average Bonchev–Trinajstić information content (AvgIpc) is 2.35. The van der Waals surface area contributed by atoms with Crippen LogP contribution in [-0.2, 0) is 0 Å². The van der Waals surface area contributed by atoms with E-state index in [4.69, 9.17) is 16.3 Å². The van der Waals surface area contributed by atoms with Crippen LogP contribution in [-0.4, -0.2) is 16.8 Å². The molecular formula is C12H12ClN3O. The van der Waals surface area contributed by atoms with Crippen molar-refractivity contribution in [1.82, 2.24) is 10.2 Å². The second-order valence-electron chi connectivity index (χ2n) is 3.32. The van der Waals surface area contributed by atoms with E-state index in [1.165, 1.54) is 0 Å². The molecule has 0 aliphatic carbocycles. The first-order valence-electron chi connectivity index (χ1n) is 5.27. The smallest absolute Gasteiger partial charge is 0.153 e. The number of anilines is 2. The number of nitrogens with zero attached hydrogens (tertiary/aromatic N) is 2. The molecule has 1 aromatic carbocycles. The summed E-state index contributed by atoms with van der Waals surface area (Å²) in [6, 6.07) is 11.1. The Morgan fingerprint density at radius 2 is 1.88 bits per heavy atom. The van der Waals surface area contributed by atoms with Gasteiger partial charge in [-0.1, -0.05) is 11.6 Å². The van der Waals surface area contributed by atoms with Crippen LogP contribution >= 0.6 is 11.6 Å². The number of hydrogen-bond donors (Lipinski definition) is 1. The van der Waals surface area contributed by atoms with Crippen molar-refractivity contribution in [2.45, 2.75) is 6.92 Å². The summed E-state index contributed by atoms with van der Waals surface area (Å²) in [6.45, 7) is 2.62. The molecule has 0 amide bonds. The fourth-order valence-corrected chi connectivity index (χ4v) is 1.43. The molecule has 0 saturated carbocycles. The Bertz CT molecular complexity index is 470. The number of nitrogens with one attached hydrogen (secondary N) is 1. The molecule has 2 aromatic rings. The standard InChI is InChI=1S/C12H12ClN3O/c1-2-17-10-5-3-9(4-6-10)14-12-8-7-11(13)15-16-12/h3-8H,2H2,1H3,(H,14,16). The van der Waals surface area contributed by atoms with Gasteiger partial charge in [0.05, 0.1) is 6.61 Å². The Morgan fingerprint density at radius 3 is 2.47 bits per heavy atom. The highest BCUT2D eigenvalue weighted by atomic mass is 35.5. The van der Waals surface area contributed by atoms with Gasteiger partial charge in [-0.2, -0.15) is 0 Å². The van der Waals surface area contributed by atoms with Crippen molar-refractivity contribution in [3.05, 3.63) is 41.6 Å². The predicted octanol–water partition coefficient (Wildman–Crippen LogP) is 3.27. The molecule has 0 spiro atoms. The Hall–Kier alpha value is -1.81. The molecule has 1 aromatic heterocycles. The van der Waals surface area contributed by atoms with Crippen LogP contribution in [0.4, 0.5) is 11.5 Å². The number of aromatic nitrogens is 2. The molecule has 0 unspecified atom stereocenters. The van der Waals surface area contributed by atoms with Crippen LogP contribution in [0, 0.1) is 0 Å². The normalized spacial score (nSPS) is 10.0. The third-order valence-electron chi connectivity index (χ3n) is 2.07. The Kier molecular flexibility index (Phi) is 3.77. The van der Waals surface area contributed by atoms with E-state index in [-0.39, 0.29) is 0 Å². The minimum absolute atomic E-state index is 0.377. The van der Waals surface area contributed by atoms with E-state index in [1.54, 1.807) is 12.1 Å². The lowest BCUT2D eigenvalue weighted by molar-refractivity contribution is 0.340. The summed E-state index contributed by atoms with van der Waals surface area (Å²) in [5.41, 5.74) is 0.921. The maximum Gasteiger partial charge on any atom is 0.153 e. The van der Waals surface area contributed by atoms with Gasteiger partial charge in [0.25, 0.3) is 0 Å². The van der Waals surface area contributed by atoms with Gasteiger partial charge >= 0.3 is 0 Å². The summed E-state index contributed by atoms with van der Waals surface area (Å²) < 4.78 is 5.35. The van der Waals surface area contributed by atoms with Crippen molar-refractivity contribution in [3.8, 4) is 5.75 Å². The highest BCUT2D eigenvalue weighted by Gasteiger charge is 1.98. The lowest BCUT2D eigenvalue weighted by atomic mass is 10.3. The van der Waals surface area contributed by atoms with Gasteiger partial charge in [-0.3, -0.25) is 0 Å². The van der Waals surface area contributed by atoms with E-state index < -0.39 is 0 Å². The van der Waals surface area contributed by atoms with Gasteiger partial charge in [-0.15, -0.1) is 10.2 Å². The molecule has 0 aliphatic heterocycles. The first kappa shape index (κ1) is 11.7. The van der Waals surface area contributed by atoms with Crippen LogP contribution in [0.15, 0.2) is 36.4 Å². The van der Waals surface area contributed by atoms with Crippen LogP contribution in [0.2, 0.25) is 5.15 Å². The van der Waals surface area contributed by atoms with Gasteiger partial charge in [0.1, 0.15) is 5.75 Å². The summed E-state index contributed by atoms with van der Waals surface area (Å²) in [7, 11) is 0. The van der Waals surface area contributed by atoms with Crippen molar-refractivity contribution < 1.29 is 4.74 Å². The van der Waals surface area contributed by atoms with Crippen LogP contribution in [0.3, 0.4) is 0 Å². The minimum Gasteiger partial charge on any atom is -0.494 e.